The fourth-order valence-electron chi connectivity index (χ4n) is 2.82. The first-order valence-corrected chi connectivity index (χ1v) is 6.75. The topological polar surface area (TPSA) is 64.3 Å². The van der Waals surface area contributed by atoms with Crippen LogP contribution in [0.2, 0.25) is 0 Å². The summed E-state index contributed by atoms with van der Waals surface area (Å²) in [6.45, 7) is 4.95. The maximum atomic E-state index is 12.1. The van der Waals surface area contributed by atoms with Gasteiger partial charge in [0, 0.05) is 18.6 Å². The molecule has 1 heterocycles. The molecule has 5 unspecified atom stereocenters. The lowest BCUT2D eigenvalue weighted by Crippen LogP contribution is -2.46. The Morgan fingerprint density at radius 2 is 2.06 bits per heavy atom. The molecule has 1 amide bonds. The number of carbonyl (C=O) groups is 1. The van der Waals surface area contributed by atoms with Gasteiger partial charge in [0.2, 0.25) is 5.91 Å². The number of amides is 1. The van der Waals surface area contributed by atoms with Gasteiger partial charge in [0.05, 0.1) is 12.1 Å². The molecule has 5 atom stereocenters. The summed E-state index contributed by atoms with van der Waals surface area (Å²) in [6, 6.07) is 0.370. The molecule has 0 aromatic carbocycles. The fraction of sp³-hybridized carbons (Fsp3) is 0.923. The first-order valence-electron chi connectivity index (χ1n) is 6.75. The van der Waals surface area contributed by atoms with Crippen LogP contribution in [-0.2, 0) is 9.53 Å². The third kappa shape index (κ3) is 2.99. The number of rotatable bonds is 2. The van der Waals surface area contributed by atoms with Gasteiger partial charge >= 0.3 is 0 Å². The molecule has 4 heteroatoms. The van der Waals surface area contributed by atoms with Crippen LogP contribution in [-0.4, -0.2) is 30.7 Å². The van der Waals surface area contributed by atoms with Gasteiger partial charge in [-0.1, -0.05) is 6.92 Å². The molecular formula is C13H24N2O2. The Labute approximate surface area is 103 Å². The van der Waals surface area contributed by atoms with E-state index in [1.807, 2.05) is 6.92 Å². The molecule has 2 aliphatic rings. The van der Waals surface area contributed by atoms with E-state index < -0.39 is 0 Å². The molecular weight excluding hydrogens is 216 g/mol. The molecule has 1 saturated carbocycles. The van der Waals surface area contributed by atoms with Crippen molar-refractivity contribution in [2.75, 3.05) is 6.61 Å². The second-order valence-corrected chi connectivity index (χ2v) is 5.63. The van der Waals surface area contributed by atoms with E-state index in [0.29, 0.717) is 5.92 Å². The average Bonchev–Trinajstić information content (AvgIpc) is 2.68. The molecule has 0 bridgehead atoms. The van der Waals surface area contributed by atoms with Crippen LogP contribution in [0.4, 0.5) is 0 Å². The molecule has 0 spiro atoms. The van der Waals surface area contributed by atoms with Crippen LogP contribution in [0, 0.1) is 11.8 Å². The third-order valence-electron chi connectivity index (χ3n) is 4.33. The first kappa shape index (κ1) is 12.8. The monoisotopic (exact) mass is 240 g/mol. The molecule has 0 radical (unpaired) electrons. The van der Waals surface area contributed by atoms with Crippen molar-refractivity contribution in [1.82, 2.24) is 5.32 Å². The smallest absolute Gasteiger partial charge is 0.223 e. The molecule has 1 aliphatic heterocycles. The van der Waals surface area contributed by atoms with Crippen molar-refractivity contribution in [1.29, 1.82) is 0 Å². The van der Waals surface area contributed by atoms with Gasteiger partial charge in [0.25, 0.3) is 0 Å². The molecule has 1 saturated heterocycles. The molecule has 2 fully saturated rings. The Hall–Kier alpha value is -0.610. The van der Waals surface area contributed by atoms with Gasteiger partial charge in [0.1, 0.15) is 0 Å². The highest BCUT2D eigenvalue weighted by molar-refractivity contribution is 5.79. The van der Waals surface area contributed by atoms with Gasteiger partial charge in [0.15, 0.2) is 0 Å². The van der Waals surface area contributed by atoms with E-state index >= 15 is 0 Å². The van der Waals surface area contributed by atoms with Gasteiger partial charge in [-0.2, -0.15) is 0 Å². The lowest BCUT2D eigenvalue weighted by Gasteiger charge is -2.32. The largest absolute Gasteiger partial charge is 0.376 e. The summed E-state index contributed by atoms with van der Waals surface area (Å²) in [5.41, 5.74) is 6.04. The quantitative estimate of drug-likeness (QED) is 0.758. The van der Waals surface area contributed by atoms with Gasteiger partial charge in [-0.15, -0.1) is 0 Å². The van der Waals surface area contributed by atoms with Crippen molar-refractivity contribution in [2.45, 2.75) is 57.7 Å². The molecule has 17 heavy (non-hydrogen) atoms. The van der Waals surface area contributed by atoms with Crippen molar-refractivity contribution in [3.8, 4) is 0 Å². The Morgan fingerprint density at radius 1 is 1.29 bits per heavy atom. The van der Waals surface area contributed by atoms with Crippen molar-refractivity contribution < 1.29 is 9.53 Å². The lowest BCUT2D eigenvalue weighted by molar-refractivity contribution is -0.127. The molecule has 0 aromatic rings. The van der Waals surface area contributed by atoms with Crippen LogP contribution >= 0.6 is 0 Å². The van der Waals surface area contributed by atoms with E-state index in [0.717, 1.165) is 32.3 Å². The highest BCUT2D eigenvalue weighted by Crippen LogP contribution is 2.28. The fourth-order valence-corrected chi connectivity index (χ4v) is 2.82. The Balaban J connectivity index is 1.83. The summed E-state index contributed by atoms with van der Waals surface area (Å²) in [5.74, 6) is 0.830. The first-order chi connectivity index (χ1) is 8.08. The van der Waals surface area contributed by atoms with Crippen molar-refractivity contribution in [2.24, 2.45) is 17.6 Å². The van der Waals surface area contributed by atoms with E-state index in [4.69, 9.17) is 10.5 Å². The molecule has 98 valence electrons. The summed E-state index contributed by atoms with van der Waals surface area (Å²) in [6.07, 6.45) is 3.95. The van der Waals surface area contributed by atoms with Crippen LogP contribution < -0.4 is 11.1 Å². The normalized spacial score (nSPS) is 42.4. The predicted octanol–water partition coefficient (Wildman–Crippen LogP) is 1.04. The zero-order valence-corrected chi connectivity index (χ0v) is 10.8. The van der Waals surface area contributed by atoms with E-state index in [-0.39, 0.29) is 30.0 Å². The van der Waals surface area contributed by atoms with E-state index in [1.165, 1.54) is 0 Å². The van der Waals surface area contributed by atoms with Crippen molar-refractivity contribution in [3.63, 3.8) is 0 Å². The summed E-state index contributed by atoms with van der Waals surface area (Å²) >= 11 is 0. The van der Waals surface area contributed by atoms with Gasteiger partial charge in [-0.05, 0) is 38.5 Å². The van der Waals surface area contributed by atoms with Crippen LogP contribution in [0.5, 0.6) is 0 Å². The number of nitrogens with one attached hydrogen (secondary N) is 1. The minimum Gasteiger partial charge on any atom is -0.376 e. The van der Waals surface area contributed by atoms with E-state index in [9.17, 15) is 4.79 Å². The second kappa shape index (κ2) is 5.36. The number of hydrogen-bond donors (Lipinski definition) is 2. The molecule has 4 nitrogen and oxygen atoms in total. The number of nitrogens with two attached hydrogens (primary N) is 1. The van der Waals surface area contributed by atoms with Crippen molar-refractivity contribution >= 4 is 5.91 Å². The third-order valence-corrected chi connectivity index (χ3v) is 4.33. The SMILES string of the molecule is CC1CCC(C(=O)NC2CCOC2C)CC1N. The molecule has 2 rings (SSSR count). The maximum Gasteiger partial charge on any atom is 0.223 e. The zero-order valence-electron chi connectivity index (χ0n) is 10.8. The molecule has 0 aromatic heterocycles. The standard InChI is InChI=1S/C13H24N2O2/c1-8-3-4-10(7-11(8)14)13(16)15-12-5-6-17-9(12)2/h8-12H,3-7,14H2,1-2H3,(H,15,16). The highest BCUT2D eigenvalue weighted by Gasteiger charge is 2.32. The number of carbonyl (C=O) groups excluding carboxylic acids is 1. The summed E-state index contributed by atoms with van der Waals surface area (Å²) < 4.78 is 5.45. The Kier molecular flexibility index (Phi) is 4.05. The highest BCUT2D eigenvalue weighted by atomic mass is 16.5. The summed E-state index contributed by atoms with van der Waals surface area (Å²) in [7, 11) is 0. The summed E-state index contributed by atoms with van der Waals surface area (Å²) in [4.78, 5) is 12.1. The zero-order chi connectivity index (χ0) is 12.4. The van der Waals surface area contributed by atoms with Crippen LogP contribution in [0.25, 0.3) is 0 Å². The van der Waals surface area contributed by atoms with E-state index in [2.05, 4.69) is 12.2 Å². The van der Waals surface area contributed by atoms with Gasteiger partial charge < -0.3 is 15.8 Å². The molecule has 3 N–H and O–H groups in total. The van der Waals surface area contributed by atoms with Gasteiger partial charge in [-0.25, -0.2) is 0 Å². The van der Waals surface area contributed by atoms with Crippen molar-refractivity contribution in [3.05, 3.63) is 0 Å². The van der Waals surface area contributed by atoms with Gasteiger partial charge in [-0.3, -0.25) is 4.79 Å². The van der Waals surface area contributed by atoms with Crippen LogP contribution in [0.1, 0.15) is 39.5 Å². The Bertz CT molecular complexity index is 283. The van der Waals surface area contributed by atoms with Crippen LogP contribution in [0.3, 0.4) is 0 Å². The predicted molar refractivity (Wildman–Crippen MR) is 66.4 cm³/mol. The van der Waals surface area contributed by atoms with E-state index in [1.54, 1.807) is 0 Å². The second-order valence-electron chi connectivity index (χ2n) is 5.63. The average molecular weight is 240 g/mol. The maximum absolute atomic E-state index is 12.1. The number of hydrogen-bond acceptors (Lipinski definition) is 3. The number of ether oxygens (including phenoxy) is 1. The molecule has 1 aliphatic carbocycles. The minimum atomic E-state index is 0.106. The van der Waals surface area contributed by atoms with Crippen LogP contribution in [0.15, 0.2) is 0 Å². The summed E-state index contributed by atoms with van der Waals surface area (Å²) in [5, 5.41) is 3.11. The Morgan fingerprint density at radius 3 is 2.65 bits per heavy atom. The minimum absolute atomic E-state index is 0.106. The lowest BCUT2D eigenvalue weighted by atomic mass is 9.79.